The SMILES string of the molecule is N#Cc1ccc(N2CCCC(C(=O)Nc3ccccc3)C2)cc1Cl. The highest BCUT2D eigenvalue weighted by atomic mass is 35.5. The minimum atomic E-state index is -0.0617. The Labute approximate surface area is 146 Å². The van der Waals surface area contributed by atoms with Crippen molar-refractivity contribution in [2.45, 2.75) is 12.8 Å². The van der Waals surface area contributed by atoms with Crippen LogP contribution in [0.3, 0.4) is 0 Å². The monoisotopic (exact) mass is 339 g/mol. The van der Waals surface area contributed by atoms with Crippen molar-refractivity contribution >= 4 is 28.9 Å². The van der Waals surface area contributed by atoms with Crippen molar-refractivity contribution in [1.29, 1.82) is 5.26 Å². The standard InChI is InChI=1S/C19H18ClN3O/c20-18-11-17(9-8-14(18)12-21)23-10-4-5-15(13-23)19(24)22-16-6-2-1-3-7-16/h1-3,6-9,11,15H,4-5,10,13H2,(H,22,24). The van der Waals surface area contributed by atoms with Crippen LogP contribution in [-0.4, -0.2) is 19.0 Å². The topological polar surface area (TPSA) is 56.1 Å². The third-order valence-electron chi connectivity index (χ3n) is 4.27. The number of amides is 1. The van der Waals surface area contributed by atoms with Gasteiger partial charge in [0.25, 0.3) is 0 Å². The molecule has 24 heavy (non-hydrogen) atoms. The summed E-state index contributed by atoms with van der Waals surface area (Å²) in [6, 6.07) is 17.0. The van der Waals surface area contributed by atoms with Gasteiger partial charge in [0, 0.05) is 24.5 Å². The Morgan fingerprint density at radius 1 is 1.25 bits per heavy atom. The molecule has 0 spiro atoms. The molecule has 1 aliphatic heterocycles. The Hall–Kier alpha value is -2.51. The lowest BCUT2D eigenvalue weighted by Crippen LogP contribution is -2.40. The number of nitrogens with zero attached hydrogens (tertiary/aromatic N) is 2. The van der Waals surface area contributed by atoms with Crippen molar-refractivity contribution in [1.82, 2.24) is 0 Å². The van der Waals surface area contributed by atoms with Crippen LogP contribution in [0.1, 0.15) is 18.4 Å². The van der Waals surface area contributed by atoms with E-state index in [4.69, 9.17) is 16.9 Å². The first-order valence-corrected chi connectivity index (χ1v) is 8.35. The first-order chi connectivity index (χ1) is 11.7. The fourth-order valence-electron chi connectivity index (χ4n) is 2.98. The second-order valence-corrected chi connectivity index (χ2v) is 6.32. The molecule has 5 heteroatoms. The van der Waals surface area contributed by atoms with Gasteiger partial charge < -0.3 is 10.2 Å². The molecule has 1 saturated heterocycles. The first-order valence-electron chi connectivity index (χ1n) is 7.98. The fourth-order valence-corrected chi connectivity index (χ4v) is 3.20. The molecule has 1 amide bonds. The zero-order chi connectivity index (χ0) is 16.9. The molecular weight excluding hydrogens is 322 g/mol. The molecule has 122 valence electrons. The van der Waals surface area contributed by atoms with Gasteiger partial charge in [-0.15, -0.1) is 0 Å². The van der Waals surface area contributed by atoms with Crippen molar-refractivity contribution < 1.29 is 4.79 Å². The number of nitrogens with one attached hydrogen (secondary N) is 1. The highest BCUT2D eigenvalue weighted by molar-refractivity contribution is 6.32. The predicted octanol–water partition coefficient (Wildman–Crippen LogP) is 4.07. The molecule has 0 aromatic heterocycles. The highest BCUT2D eigenvalue weighted by Crippen LogP contribution is 2.28. The molecule has 1 fully saturated rings. The quantitative estimate of drug-likeness (QED) is 0.917. The van der Waals surface area contributed by atoms with Gasteiger partial charge in [-0.2, -0.15) is 5.26 Å². The molecule has 2 aromatic carbocycles. The highest BCUT2D eigenvalue weighted by Gasteiger charge is 2.26. The summed E-state index contributed by atoms with van der Waals surface area (Å²) in [5, 5.41) is 12.4. The minimum absolute atomic E-state index is 0.0469. The number of carbonyl (C=O) groups excluding carboxylic acids is 1. The van der Waals surface area contributed by atoms with Crippen LogP contribution in [0.25, 0.3) is 0 Å². The second-order valence-electron chi connectivity index (χ2n) is 5.92. The molecule has 1 aliphatic rings. The van der Waals surface area contributed by atoms with Gasteiger partial charge in [0.1, 0.15) is 6.07 Å². The van der Waals surface area contributed by atoms with Crippen LogP contribution in [0.4, 0.5) is 11.4 Å². The van der Waals surface area contributed by atoms with Crippen LogP contribution < -0.4 is 10.2 Å². The number of anilines is 2. The van der Waals surface area contributed by atoms with Gasteiger partial charge in [0.05, 0.1) is 16.5 Å². The van der Waals surface area contributed by atoms with E-state index in [9.17, 15) is 4.79 Å². The molecule has 4 nitrogen and oxygen atoms in total. The number of halogens is 1. The van der Waals surface area contributed by atoms with Gasteiger partial charge in [-0.3, -0.25) is 4.79 Å². The van der Waals surface area contributed by atoms with Crippen LogP contribution in [0.5, 0.6) is 0 Å². The molecule has 0 aliphatic carbocycles. The number of nitriles is 1. The van der Waals surface area contributed by atoms with Crippen molar-refractivity contribution in [2.75, 3.05) is 23.3 Å². The summed E-state index contributed by atoms with van der Waals surface area (Å²) >= 11 is 6.13. The lowest BCUT2D eigenvalue weighted by Gasteiger charge is -2.33. The summed E-state index contributed by atoms with van der Waals surface area (Å²) in [6.07, 6.45) is 1.82. The van der Waals surface area contributed by atoms with Crippen LogP contribution in [0.15, 0.2) is 48.5 Å². The molecule has 0 bridgehead atoms. The Kier molecular flexibility index (Phi) is 5.02. The normalized spacial score (nSPS) is 17.2. The summed E-state index contributed by atoms with van der Waals surface area (Å²) < 4.78 is 0. The molecule has 1 N–H and O–H groups in total. The Balaban J connectivity index is 1.69. The van der Waals surface area contributed by atoms with E-state index in [2.05, 4.69) is 16.3 Å². The van der Waals surface area contributed by atoms with Crippen molar-refractivity contribution in [2.24, 2.45) is 5.92 Å². The number of hydrogen-bond acceptors (Lipinski definition) is 3. The maximum absolute atomic E-state index is 12.5. The lowest BCUT2D eigenvalue weighted by molar-refractivity contribution is -0.120. The molecule has 3 rings (SSSR count). The zero-order valence-electron chi connectivity index (χ0n) is 13.2. The number of piperidine rings is 1. The number of benzene rings is 2. The van der Waals surface area contributed by atoms with E-state index in [0.29, 0.717) is 17.1 Å². The van der Waals surface area contributed by atoms with Crippen molar-refractivity contribution in [3.8, 4) is 6.07 Å². The summed E-state index contributed by atoms with van der Waals surface area (Å²) in [5.74, 6) is -0.0148. The maximum atomic E-state index is 12.5. The minimum Gasteiger partial charge on any atom is -0.371 e. The van der Waals surface area contributed by atoms with E-state index < -0.39 is 0 Å². The van der Waals surface area contributed by atoms with E-state index in [1.165, 1.54) is 0 Å². The largest absolute Gasteiger partial charge is 0.371 e. The Morgan fingerprint density at radius 3 is 2.75 bits per heavy atom. The second kappa shape index (κ2) is 7.37. The van der Waals surface area contributed by atoms with E-state index in [0.717, 1.165) is 30.8 Å². The van der Waals surface area contributed by atoms with E-state index in [1.54, 1.807) is 12.1 Å². The summed E-state index contributed by atoms with van der Waals surface area (Å²) in [7, 11) is 0. The van der Waals surface area contributed by atoms with E-state index >= 15 is 0 Å². The Morgan fingerprint density at radius 2 is 2.04 bits per heavy atom. The number of rotatable bonds is 3. The fraction of sp³-hybridized carbons (Fsp3) is 0.263. The Bertz CT molecular complexity index is 770. The zero-order valence-corrected chi connectivity index (χ0v) is 14.0. The molecule has 1 heterocycles. The maximum Gasteiger partial charge on any atom is 0.229 e. The van der Waals surface area contributed by atoms with E-state index in [1.807, 2.05) is 36.4 Å². The third-order valence-corrected chi connectivity index (χ3v) is 4.58. The average Bonchev–Trinajstić information content (AvgIpc) is 2.62. The van der Waals surface area contributed by atoms with Crippen molar-refractivity contribution in [3.63, 3.8) is 0 Å². The van der Waals surface area contributed by atoms with Gasteiger partial charge in [-0.05, 0) is 43.2 Å². The van der Waals surface area contributed by atoms with Crippen LogP contribution in [-0.2, 0) is 4.79 Å². The molecule has 0 saturated carbocycles. The molecule has 0 radical (unpaired) electrons. The van der Waals surface area contributed by atoms with Gasteiger partial charge in [0.15, 0.2) is 0 Å². The first kappa shape index (κ1) is 16.4. The van der Waals surface area contributed by atoms with Crippen molar-refractivity contribution in [3.05, 3.63) is 59.1 Å². The summed E-state index contributed by atoms with van der Waals surface area (Å²) in [4.78, 5) is 14.7. The predicted molar refractivity (Wildman–Crippen MR) is 96.2 cm³/mol. The lowest BCUT2D eigenvalue weighted by atomic mass is 9.96. The molecular formula is C19H18ClN3O. The number of hydrogen-bond donors (Lipinski definition) is 1. The van der Waals surface area contributed by atoms with Gasteiger partial charge in [-0.1, -0.05) is 29.8 Å². The van der Waals surface area contributed by atoms with Crippen LogP contribution in [0.2, 0.25) is 5.02 Å². The smallest absolute Gasteiger partial charge is 0.229 e. The van der Waals surface area contributed by atoms with Crippen LogP contribution in [0, 0.1) is 17.2 Å². The number of carbonyl (C=O) groups is 1. The van der Waals surface area contributed by atoms with Crippen LogP contribution >= 0.6 is 11.6 Å². The van der Waals surface area contributed by atoms with Gasteiger partial charge in [-0.25, -0.2) is 0 Å². The number of para-hydroxylation sites is 1. The molecule has 1 unspecified atom stereocenters. The van der Waals surface area contributed by atoms with E-state index in [-0.39, 0.29) is 11.8 Å². The van der Waals surface area contributed by atoms with Gasteiger partial charge in [0.2, 0.25) is 5.91 Å². The molecule has 2 aromatic rings. The summed E-state index contributed by atoms with van der Waals surface area (Å²) in [5.41, 5.74) is 2.24. The average molecular weight is 340 g/mol. The summed E-state index contributed by atoms with van der Waals surface area (Å²) in [6.45, 7) is 1.54. The van der Waals surface area contributed by atoms with Gasteiger partial charge >= 0.3 is 0 Å². The third kappa shape index (κ3) is 3.69. The molecule has 1 atom stereocenters.